The number of amides is 2. The maximum atomic E-state index is 13.3. The minimum absolute atomic E-state index is 0.212. The van der Waals surface area contributed by atoms with Crippen LogP contribution in [-0.4, -0.2) is 28.9 Å². The normalized spacial score (nSPS) is 22.4. The van der Waals surface area contributed by atoms with Gasteiger partial charge in [-0.15, -0.1) is 0 Å². The highest BCUT2D eigenvalue weighted by Crippen LogP contribution is 2.32. The van der Waals surface area contributed by atoms with E-state index in [9.17, 15) is 14.0 Å². The topological polar surface area (TPSA) is 65.3 Å². The summed E-state index contributed by atoms with van der Waals surface area (Å²) in [7, 11) is 0. The van der Waals surface area contributed by atoms with E-state index < -0.39 is 12.1 Å². The first-order chi connectivity index (χ1) is 11.6. The number of hydrogen-bond acceptors (Lipinski definition) is 5. The number of nitrogens with zero attached hydrogens (tertiary/aromatic N) is 4. The van der Waals surface area contributed by atoms with Gasteiger partial charge in [0.25, 0.3) is 11.8 Å². The third kappa shape index (κ3) is 2.25. The summed E-state index contributed by atoms with van der Waals surface area (Å²) in [6.45, 7) is 0.212. The molecule has 0 aliphatic carbocycles. The third-order valence-electron chi connectivity index (χ3n) is 4.11. The molecule has 2 aromatic rings. The van der Waals surface area contributed by atoms with Gasteiger partial charge in [-0.1, -0.05) is 35.6 Å². The molecule has 4 rings (SSSR count). The number of benzene rings is 2. The fourth-order valence-electron chi connectivity index (χ4n) is 3.01. The number of halogens is 1. The van der Waals surface area contributed by atoms with Crippen LogP contribution in [0.25, 0.3) is 0 Å². The molecule has 0 N–H and O–H groups in total. The molecule has 0 spiro atoms. The first-order valence-electron chi connectivity index (χ1n) is 7.50. The Labute approximate surface area is 137 Å². The van der Waals surface area contributed by atoms with Gasteiger partial charge in [-0.2, -0.15) is 5.11 Å². The minimum Gasteiger partial charge on any atom is -0.271 e. The van der Waals surface area contributed by atoms with Crippen molar-refractivity contribution in [2.75, 3.05) is 4.90 Å². The summed E-state index contributed by atoms with van der Waals surface area (Å²) >= 11 is 0. The summed E-state index contributed by atoms with van der Waals surface area (Å²) < 4.78 is 13.3. The molecule has 1 saturated heterocycles. The molecule has 24 heavy (non-hydrogen) atoms. The Morgan fingerprint density at radius 2 is 1.79 bits per heavy atom. The van der Waals surface area contributed by atoms with Gasteiger partial charge in [0.15, 0.2) is 12.1 Å². The minimum atomic E-state index is -0.841. The van der Waals surface area contributed by atoms with Crippen molar-refractivity contribution in [3.63, 3.8) is 0 Å². The van der Waals surface area contributed by atoms with Crippen molar-refractivity contribution in [3.05, 3.63) is 66.0 Å². The molecule has 6 nitrogen and oxygen atoms in total. The Bertz CT molecular complexity index is 839. The Morgan fingerprint density at radius 3 is 2.54 bits per heavy atom. The van der Waals surface area contributed by atoms with E-state index in [-0.39, 0.29) is 24.2 Å². The Kier molecular flexibility index (Phi) is 3.34. The molecule has 0 bridgehead atoms. The number of rotatable bonds is 3. The van der Waals surface area contributed by atoms with Crippen molar-refractivity contribution in [2.24, 2.45) is 10.3 Å². The van der Waals surface area contributed by atoms with Gasteiger partial charge in [0.2, 0.25) is 0 Å². The second kappa shape index (κ2) is 5.52. The first-order valence-corrected chi connectivity index (χ1v) is 7.50. The summed E-state index contributed by atoms with van der Waals surface area (Å²) in [5, 5.41) is 9.34. The average Bonchev–Trinajstić information content (AvgIpc) is 3.09. The summed E-state index contributed by atoms with van der Waals surface area (Å²) in [5.74, 6) is -1.11. The van der Waals surface area contributed by atoms with E-state index in [4.69, 9.17) is 0 Å². The predicted molar refractivity (Wildman–Crippen MR) is 83.3 cm³/mol. The van der Waals surface area contributed by atoms with Crippen LogP contribution >= 0.6 is 0 Å². The molecule has 0 aromatic heterocycles. The van der Waals surface area contributed by atoms with Crippen molar-refractivity contribution in [3.8, 4) is 0 Å². The van der Waals surface area contributed by atoms with Gasteiger partial charge < -0.3 is 0 Å². The third-order valence-corrected chi connectivity index (χ3v) is 4.11. The van der Waals surface area contributed by atoms with Crippen molar-refractivity contribution < 1.29 is 14.0 Å². The van der Waals surface area contributed by atoms with Gasteiger partial charge >= 0.3 is 0 Å². The van der Waals surface area contributed by atoms with Crippen molar-refractivity contribution in [1.29, 1.82) is 0 Å². The van der Waals surface area contributed by atoms with E-state index in [1.807, 2.05) is 6.07 Å². The van der Waals surface area contributed by atoms with Gasteiger partial charge in [-0.25, -0.2) is 9.29 Å². The molecular formula is C17H13FN4O2. The quantitative estimate of drug-likeness (QED) is 0.814. The lowest BCUT2D eigenvalue weighted by Gasteiger charge is -2.20. The maximum absolute atomic E-state index is 13.3. The largest absolute Gasteiger partial charge is 0.271 e. The summed E-state index contributed by atoms with van der Waals surface area (Å²) in [4.78, 5) is 26.4. The molecule has 120 valence electrons. The molecule has 2 aliphatic heterocycles. The fraction of sp³-hybridized carbons (Fsp3) is 0.176. The SMILES string of the molecule is O=C1[C@H]2N=NN(Cc3cccc(F)c3)[C@H]2C(=O)N1c1ccccc1. The van der Waals surface area contributed by atoms with E-state index >= 15 is 0 Å². The van der Waals surface area contributed by atoms with Crippen LogP contribution in [0.3, 0.4) is 0 Å². The number of carbonyl (C=O) groups is 2. The number of carbonyl (C=O) groups excluding carboxylic acids is 2. The van der Waals surface area contributed by atoms with Crippen LogP contribution in [0.15, 0.2) is 64.9 Å². The van der Waals surface area contributed by atoms with Crippen LogP contribution < -0.4 is 4.90 Å². The zero-order valence-electron chi connectivity index (χ0n) is 12.5. The standard InChI is InChI=1S/C17H13FN4O2/c18-12-6-4-5-11(9-12)10-21-15-14(19-20-21)16(23)22(17(15)24)13-7-2-1-3-8-13/h1-9,14-15H,10H2/t14-,15+/m0/s1. The van der Waals surface area contributed by atoms with E-state index in [1.165, 1.54) is 17.1 Å². The zero-order valence-corrected chi connectivity index (χ0v) is 12.5. The van der Waals surface area contributed by atoms with Gasteiger partial charge in [0, 0.05) is 0 Å². The summed E-state index contributed by atoms with van der Waals surface area (Å²) in [5.41, 5.74) is 1.18. The number of imide groups is 1. The maximum Gasteiger partial charge on any atom is 0.263 e. The van der Waals surface area contributed by atoms with Crippen LogP contribution in [0.1, 0.15) is 5.56 Å². The summed E-state index contributed by atoms with van der Waals surface area (Å²) in [6, 6.07) is 13.2. The van der Waals surface area contributed by atoms with E-state index in [2.05, 4.69) is 10.3 Å². The Hall–Kier alpha value is -3.09. The molecule has 2 aliphatic rings. The van der Waals surface area contributed by atoms with Crippen LogP contribution in [0.4, 0.5) is 10.1 Å². The monoisotopic (exact) mass is 324 g/mol. The van der Waals surface area contributed by atoms with Gasteiger partial charge in [-0.3, -0.25) is 14.6 Å². The molecule has 0 saturated carbocycles. The summed E-state index contributed by atoms with van der Waals surface area (Å²) in [6.07, 6.45) is 0. The predicted octanol–water partition coefficient (Wildman–Crippen LogP) is 2.32. The molecule has 0 radical (unpaired) electrons. The molecule has 0 unspecified atom stereocenters. The van der Waals surface area contributed by atoms with Crippen molar-refractivity contribution in [2.45, 2.75) is 18.6 Å². The molecular weight excluding hydrogens is 311 g/mol. The second-order valence-electron chi connectivity index (χ2n) is 5.67. The van der Waals surface area contributed by atoms with Crippen LogP contribution in [0.2, 0.25) is 0 Å². The van der Waals surface area contributed by atoms with Crippen molar-refractivity contribution in [1.82, 2.24) is 5.01 Å². The van der Waals surface area contributed by atoms with Gasteiger partial charge in [0.05, 0.1) is 12.2 Å². The van der Waals surface area contributed by atoms with Gasteiger partial charge in [0.1, 0.15) is 5.82 Å². The van der Waals surface area contributed by atoms with E-state index in [0.29, 0.717) is 11.3 Å². The van der Waals surface area contributed by atoms with Crippen LogP contribution in [-0.2, 0) is 16.1 Å². The first kappa shape index (κ1) is 14.5. The van der Waals surface area contributed by atoms with E-state index in [0.717, 1.165) is 4.90 Å². The van der Waals surface area contributed by atoms with E-state index in [1.54, 1.807) is 36.4 Å². The lowest BCUT2D eigenvalue weighted by atomic mass is 10.1. The molecule has 7 heteroatoms. The highest BCUT2D eigenvalue weighted by atomic mass is 19.1. The van der Waals surface area contributed by atoms with Crippen LogP contribution in [0.5, 0.6) is 0 Å². The molecule has 2 aromatic carbocycles. The zero-order chi connectivity index (χ0) is 16.7. The Balaban J connectivity index is 1.61. The molecule has 1 fully saturated rings. The van der Waals surface area contributed by atoms with Gasteiger partial charge in [-0.05, 0) is 29.8 Å². The molecule has 2 amide bonds. The number of para-hydroxylation sites is 1. The smallest absolute Gasteiger partial charge is 0.263 e. The number of hydrogen-bond donors (Lipinski definition) is 0. The average molecular weight is 324 g/mol. The lowest BCUT2D eigenvalue weighted by Crippen LogP contribution is -2.39. The second-order valence-corrected chi connectivity index (χ2v) is 5.67. The lowest BCUT2D eigenvalue weighted by molar-refractivity contribution is -0.123. The number of anilines is 1. The highest BCUT2D eigenvalue weighted by Gasteiger charge is 2.54. The molecule has 2 heterocycles. The highest BCUT2D eigenvalue weighted by molar-refractivity contribution is 6.25. The number of fused-ring (bicyclic) bond motifs is 1. The van der Waals surface area contributed by atoms with Crippen LogP contribution in [0, 0.1) is 5.82 Å². The fourth-order valence-corrected chi connectivity index (χ4v) is 3.01. The van der Waals surface area contributed by atoms with Crippen molar-refractivity contribution >= 4 is 17.5 Å². The molecule has 2 atom stereocenters. The Morgan fingerprint density at radius 1 is 1.00 bits per heavy atom.